The van der Waals surface area contributed by atoms with Crippen molar-refractivity contribution in [2.24, 2.45) is 0 Å². The molecule has 0 aliphatic carbocycles. The largest absolute Gasteiger partial charge is 0.493 e. The molecule has 2 heterocycles. The predicted octanol–water partition coefficient (Wildman–Crippen LogP) is 3.85. The number of hydrogen-bond donors (Lipinski definition) is 0. The van der Waals surface area contributed by atoms with E-state index in [1.807, 2.05) is 6.07 Å². The minimum absolute atomic E-state index is 0.244. The molecule has 0 radical (unpaired) electrons. The van der Waals surface area contributed by atoms with Crippen molar-refractivity contribution in [1.82, 2.24) is 4.90 Å². The number of rotatable bonds is 5. The molecule has 2 aliphatic heterocycles. The maximum atomic E-state index is 12.1. The van der Waals surface area contributed by atoms with Gasteiger partial charge in [-0.05, 0) is 54.7 Å². The van der Waals surface area contributed by atoms with E-state index in [-0.39, 0.29) is 6.04 Å². The Morgan fingerprint density at radius 1 is 1.03 bits per heavy atom. The van der Waals surface area contributed by atoms with Crippen molar-refractivity contribution in [1.29, 1.82) is 0 Å². The molecule has 1 unspecified atom stereocenters. The quantitative estimate of drug-likeness (QED) is 0.425. The van der Waals surface area contributed by atoms with Crippen LogP contribution in [0, 0.1) is 0 Å². The summed E-state index contributed by atoms with van der Waals surface area (Å²) in [7, 11) is 4.93. The summed E-state index contributed by atoms with van der Waals surface area (Å²) in [5.41, 5.74) is 4.76. The summed E-state index contributed by atoms with van der Waals surface area (Å²) in [5.74, 6) is 2.22. The van der Waals surface area contributed by atoms with Gasteiger partial charge >= 0.3 is 5.97 Å². The van der Waals surface area contributed by atoms with E-state index in [0.717, 1.165) is 36.4 Å². The number of nitrogens with zero attached hydrogens (tertiary/aromatic N) is 1. The van der Waals surface area contributed by atoms with Gasteiger partial charge in [0.2, 0.25) is 0 Å². The summed E-state index contributed by atoms with van der Waals surface area (Å²) in [4.78, 5) is 14.6. The van der Waals surface area contributed by atoms with Gasteiger partial charge in [-0.2, -0.15) is 0 Å². The molecule has 0 fully saturated rings. The Bertz CT molecular complexity index is 998. The Hall–Kier alpha value is -2.99. The fraction of sp³-hybridized carbons (Fsp3) is 0.375. The van der Waals surface area contributed by atoms with E-state index in [0.29, 0.717) is 18.0 Å². The second-order valence-electron chi connectivity index (χ2n) is 7.50. The molecular formula is C24H27NO5. The lowest BCUT2D eigenvalue weighted by molar-refractivity contribution is -0.129. The van der Waals surface area contributed by atoms with Crippen LogP contribution >= 0.6 is 0 Å². The maximum Gasteiger partial charge on any atom is 0.335 e. The first-order chi connectivity index (χ1) is 14.6. The van der Waals surface area contributed by atoms with Gasteiger partial charge in [0, 0.05) is 30.8 Å². The van der Waals surface area contributed by atoms with E-state index in [9.17, 15) is 4.79 Å². The zero-order valence-electron chi connectivity index (χ0n) is 17.9. The zero-order valence-corrected chi connectivity index (χ0v) is 17.9. The number of hydrogen-bond acceptors (Lipinski definition) is 6. The fourth-order valence-corrected chi connectivity index (χ4v) is 4.47. The summed E-state index contributed by atoms with van der Waals surface area (Å²) in [6.45, 7) is 3.41. The highest BCUT2D eigenvalue weighted by Crippen LogP contribution is 2.45. The third-order valence-corrected chi connectivity index (χ3v) is 5.93. The van der Waals surface area contributed by atoms with Crippen molar-refractivity contribution in [3.63, 3.8) is 0 Å². The molecule has 0 N–H and O–H groups in total. The van der Waals surface area contributed by atoms with Crippen LogP contribution < -0.4 is 18.9 Å². The second kappa shape index (κ2) is 8.40. The van der Waals surface area contributed by atoms with Crippen LogP contribution in [0.1, 0.15) is 35.2 Å². The Kier molecular flexibility index (Phi) is 5.68. The van der Waals surface area contributed by atoms with Crippen LogP contribution in [0.3, 0.4) is 0 Å². The van der Waals surface area contributed by atoms with Gasteiger partial charge in [-0.25, -0.2) is 4.79 Å². The van der Waals surface area contributed by atoms with Crippen molar-refractivity contribution in [3.8, 4) is 23.0 Å². The lowest BCUT2D eigenvalue weighted by atomic mass is 9.83. The summed E-state index contributed by atoms with van der Waals surface area (Å²) >= 11 is 0. The van der Waals surface area contributed by atoms with Crippen LogP contribution in [-0.4, -0.2) is 38.7 Å². The monoisotopic (exact) mass is 409 g/mol. The smallest absolute Gasteiger partial charge is 0.335 e. The van der Waals surface area contributed by atoms with Crippen molar-refractivity contribution >= 4 is 5.97 Å². The van der Waals surface area contributed by atoms with E-state index < -0.39 is 5.97 Å². The Labute approximate surface area is 177 Å². The van der Waals surface area contributed by atoms with Crippen molar-refractivity contribution in [2.45, 2.75) is 32.4 Å². The van der Waals surface area contributed by atoms with Gasteiger partial charge in [-0.15, -0.1) is 0 Å². The molecule has 2 aliphatic rings. The van der Waals surface area contributed by atoms with Gasteiger partial charge in [-0.3, -0.25) is 4.90 Å². The Morgan fingerprint density at radius 2 is 1.77 bits per heavy atom. The molecule has 0 saturated carbocycles. The molecule has 1 atom stereocenters. The summed E-state index contributed by atoms with van der Waals surface area (Å²) in [6, 6.07) is 8.40. The molecule has 30 heavy (non-hydrogen) atoms. The number of allylic oxidation sites excluding steroid dienone is 1. The molecule has 6 nitrogen and oxygen atoms in total. The Morgan fingerprint density at radius 3 is 2.47 bits per heavy atom. The molecular weight excluding hydrogens is 382 g/mol. The third-order valence-electron chi connectivity index (χ3n) is 5.93. The number of carbonyl (C=O) groups excluding carboxylic acids is 1. The highest BCUT2D eigenvalue weighted by Gasteiger charge is 2.35. The number of benzene rings is 2. The topological polar surface area (TPSA) is 57.2 Å². The SMILES string of the molecule is C/C=C/C(=O)Oc1c(OC)ccc2c1CN1CCc3cc(OC)c(OC)cc3C1C2. The van der Waals surface area contributed by atoms with Crippen molar-refractivity contribution < 1.29 is 23.7 Å². The van der Waals surface area contributed by atoms with Crippen molar-refractivity contribution in [2.75, 3.05) is 27.9 Å². The van der Waals surface area contributed by atoms with Gasteiger partial charge < -0.3 is 18.9 Å². The lowest BCUT2D eigenvalue weighted by Crippen LogP contribution is -2.39. The first-order valence-corrected chi connectivity index (χ1v) is 10.1. The molecule has 4 rings (SSSR count). The highest BCUT2D eigenvalue weighted by atomic mass is 16.6. The van der Waals surface area contributed by atoms with Crippen molar-refractivity contribution in [3.05, 3.63) is 58.7 Å². The normalized spacial score (nSPS) is 17.7. The minimum Gasteiger partial charge on any atom is -0.493 e. The first-order valence-electron chi connectivity index (χ1n) is 10.1. The van der Waals surface area contributed by atoms with Crippen LogP contribution in [0.15, 0.2) is 36.4 Å². The molecule has 0 spiro atoms. The van der Waals surface area contributed by atoms with E-state index in [2.05, 4.69) is 23.1 Å². The summed E-state index contributed by atoms with van der Waals surface area (Å²) in [6.07, 6.45) is 4.85. The second-order valence-corrected chi connectivity index (χ2v) is 7.50. The highest BCUT2D eigenvalue weighted by molar-refractivity contribution is 5.84. The van der Waals surface area contributed by atoms with Gasteiger partial charge in [0.1, 0.15) is 0 Å². The van der Waals surface area contributed by atoms with Crippen LogP contribution in [0.2, 0.25) is 0 Å². The molecule has 0 saturated heterocycles. The third kappa shape index (κ3) is 3.52. The van der Waals surface area contributed by atoms with E-state index in [4.69, 9.17) is 18.9 Å². The first kappa shape index (κ1) is 20.3. The molecule has 0 amide bonds. The number of ether oxygens (including phenoxy) is 4. The molecule has 6 heteroatoms. The molecule has 158 valence electrons. The van der Waals surface area contributed by atoms with Crippen LogP contribution in [0.5, 0.6) is 23.0 Å². The number of methoxy groups -OCH3 is 3. The van der Waals surface area contributed by atoms with Crippen LogP contribution in [0.4, 0.5) is 0 Å². The van der Waals surface area contributed by atoms with Crippen LogP contribution in [0.25, 0.3) is 0 Å². The number of fused-ring (bicyclic) bond motifs is 4. The lowest BCUT2D eigenvalue weighted by Gasteiger charge is -2.42. The summed E-state index contributed by atoms with van der Waals surface area (Å²) in [5, 5.41) is 0. The number of esters is 1. The minimum atomic E-state index is -0.396. The molecule has 0 bridgehead atoms. The standard InChI is InChI=1S/C24H27NO5/c1-5-6-23(26)30-24-18-14-25-10-9-16-12-21(28-3)22(29-4)13-17(16)19(25)11-15(18)7-8-20(24)27-2/h5-8,12-13,19H,9-11,14H2,1-4H3/b6-5+. The van der Waals surface area contributed by atoms with E-state index >= 15 is 0 Å². The van der Waals surface area contributed by atoms with Gasteiger partial charge in [0.25, 0.3) is 0 Å². The molecule has 0 aromatic heterocycles. The molecule has 2 aromatic carbocycles. The van der Waals surface area contributed by atoms with E-state index in [1.54, 1.807) is 34.3 Å². The average molecular weight is 409 g/mol. The van der Waals surface area contributed by atoms with Gasteiger partial charge in [0.15, 0.2) is 23.0 Å². The van der Waals surface area contributed by atoms with Crippen LogP contribution in [-0.2, 0) is 24.2 Å². The van der Waals surface area contributed by atoms with Gasteiger partial charge in [0.05, 0.1) is 21.3 Å². The maximum absolute atomic E-state index is 12.1. The fourth-order valence-electron chi connectivity index (χ4n) is 4.47. The van der Waals surface area contributed by atoms with E-state index in [1.165, 1.54) is 22.8 Å². The average Bonchev–Trinajstić information content (AvgIpc) is 2.77. The zero-order chi connectivity index (χ0) is 21.3. The number of carbonyl (C=O) groups is 1. The Balaban J connectivity index is 1.73. The predicted molar refractivity (Wildman–Crippen MR) is 114 cm³/mol. The summed E-state index contributed by atoms with van der Waals surface area (Å²) < 4.78 is 22.2. The molecule has 2 aromatic rings. The van der Waals surface area contributed by atoms with Gasteiger partial charge in [-0.1, -0.05) is 12.1 Å².